The Morgan fingerprint density at radius 3 is 2.25 bits per heavy atom. The summed E-state index contributed by atoms with van der Waals surface area (Å²) >= 11 is 0. The van der Waals surface area contributed by atoms with Crippen LogP contribution in [0.5, 0.6) is 0 Å². The van der Waals surface area contributed by atoms with E-state index in [2.05, 4.69) is 45.1 Å². The summed E-state index contributed by atoms with van der Waals surface area (Å²) in [5, 5.41) is 3.38. The second-order valence-corrected chi connectivity index (χ2v) is 4.56. The Morgan fingerprint density at radius 1 is 1.06 bits per heavy atom. The van der Waals surface area contributed by atoms with Crippen LogP contribution in [0.4, 0.5) is 0 Å². The first kappa shape index (κ1) is 13.2. The van der Waals surface area contributed by atoms with Crippen molar-refractivity contribution in [3.8, 4) is 0 Å². The maximum Gasteiger partial charge on any atom is 0.0801 e. The molecule has 0 saturated heterocycles. The smallest absolute Gasteiger partial charge is 0.0801 e. The van der Waals surface area contributed by atoms with E-state index in [0.717, 1.165) is 6.54 Å². The zero-order chi connectivity index (χ0) is 12.0. The predicted molar refractivity (Wildman–Crippen MR) is 68.5 cm³/mol. The van der Waals surface area contributed by atoms with Crippen LogP contribution in [0.3, 0.4) is 0 Å². The summed E-state index contributed by atoms with van der Waals surface area (Å²) in [6.45, 7) is 9.39. The molecule has 0 saturated carbocycles. The first-order valence-electron chi connectivity index (χ1n) is 6.03. The van der Waals surface area contributed by atoms with Crippen LogP contribution in [0, 0.1) is 0 Å². The van der Waals surface area contributed by atoms with Crippen molar-refractivity contribution in [3.63, 3.8) is 0 Å². The van der Waals surface area contributed by atoms with Gasteiger partial charge in [-0.1, -0.05) is 44.2 Å². The molecule has 2 atom stereocenters. The van der Waals surface area contributed by atoms with E-state index in [1.807, 2.05) is 18.2 Å². The van der Waals surface area contributed by atoms with Crippen molar-refractivity contribution < 1.29 is 4.74 Å². The normalized spacial score (nSPS) is 15.1. The minimum absolute atomic E-state index is 0.158. The highest BCUT2D eigenvalue weighted by atomic mass is 16.5. The highest BCUT2D eigenvalue weighted by molar-refractivity contribution is 5.16. The predicted octanol–water partition coefficient (Wildman–Crippen LogP) is 3.15. The van der Waals surface area contributed by atoms with Crippen LogP contribution in [-0.2, 0) is 4.74 Å². The molecule has 1 rings (SSSR count). The van der Waals surface area contributed by atoms with Gasteiger partial charge in [-0.3, -0.25) is 0 Å². The Labute approximate surface area is 99.0 Å². The molecule has 2 heteroatoms. The van der Waals surface area contributed by atoms with Gasteiger partial charge in [0.05, 0.1) is 12.2 Å². The van der Waals surface area contributed by atoms with E-state index in [0.29, 0.717) is 6.04 Å². The van der Waals surface area contributed by atoms with Crippen LogP contribution in [0.15, 0.2) is 30.3 Å². The average molecular weight is 221 g/mol. The molecule has 0 aliphatic rings. The molecule has 0 amide bonds. The Kier molecular flexibility index (Phi) is 5.50. The fourth-order valence-corrected chi connectivity index (χ4v) is 1.60. The average Bonchev–Trinajstić information content (AvgIpc) is 2.27. The van der Waals surface area contributed by atoms with Crippen molar-refractivity contribution in [3.05, 3.63) is 35.9 Å². The molecular weight excluding hydrogens is 198 g/mol. The molecule has 1 aromatic carbocycles. The molecule has 0 radical (unpaired) electrons. The lowest BCUT2D eigenvalue weighted by molar-refractivity contribution is 0.00704. The largest absolute Gasteiger partial charge is 0.370 e. The van der Waals surface area contributed by atoms with Crippen molar-refractivity contribution in [1.82, 2.24) is 5.32 Å². The van der Waals surface area contributed by atoms with Crippen LogP contribution in [0.2, 0.25) is 0 Å². The zero-order valence-electron chi connectivity index (χ0n) is 10.7. The minimum atomic E-state index is 0.158. The van der Waals surface area contributed by atoms with Crippen molar-refractivity contribution in [2.75, 3.05) is 6.54 Å². The van der Waals surface area contributed by atoms with E-state index in [1.165, 1.54) is 5.56 Å². The summed E-state index contributed by atoms with van der Waals surface area (Å²) in [6, 6.07) is 10.8. The number of ether oxygens (including phenoxy) is 1. The first-order valence-corrected chi connectivity index (χ1v) is 6.03. The number of rotatable bonds is 6. The molecular formula is C14H23NO. The molecule has 90 valence electrons. The zero-order valence-corrected chi connectivity index (χ0v) is 10.7. The SMILES string of the molecule is CC(C)NCC(C)OC(C)c1ccccc1. The Morgan fingerprint density at radius 2 is 1.69 bits per heavy atom. The highest BCUT2D eigenvalue weighted by Crippen LogP contribution is 2.17. The maximum absolute atomic E-state index is 5.92. The van der Waals surface area contributed by atoms with Crippen molar-refractivity contribution in [1.29, 1.82) is 0 Å². The monoisotopic (exact) mass is 221 g/mol. The highest BCUT2D eigenvalue weighted by Gasteiger charge is 2.10. The molecule has 0 bridgehead atoms. The number of benzene rings is 1. The van der Waals surface area contributed by atoms with Crippen LogP contribution < -0.4 is 5.32 Å². The molecule has 0 fully saturated rings. The molecule has 0 spiro atoms. The molecule has 2 unspecified atom stereocenters. The molecule has 2 nitrogen and oxygen atoms in total. The Hall–Kier alpha value is -0.860. The second-order valence-electron chi connectivity index (χ2n) is 4.56. The molecule has 0 aliphatic heterocycles. The van der Waals surface area contributed by atoms with Crippen molar-refractivity contribution in [2.45, 2.75) is 45.9 Å². The van der Waals surface area contributed by atoms with Gasteiger partial charge in [0.2, 0.25) is 0 Å². The van der Waals surface area contributed by atoms with Crippen molar-refractivity contribution in [2.24, 2.45) is 0 Å². The van der Waals surface area contributed by atoms with Gasteiger partial charge in [0.15, 0.2) is 0 Å². The van der Waals surface area contributed by atoms with Gasteiger partial charge in [-0.05, 0) is 19.4 Å². The summed E-state index contributed by atoms with van der Waals surface area (Å²) in [4.78, 5) is 0. The molecule has 0 aliphatic carbocycles. The van der Waals surface area contributed by atoms with E-state index in [-0.39, 0.29) is 12.2 Å². The number of hydrogen-bond donors (Lipinski definition) is 1. The van der Waals surface area contributed by atoms with Gasteiger partial charge < -0.3 is 10.1 Å². The molecule has 1 aromatic rings. The topological polar surface area (TPSA) is 21.3 Å². The van der Waals surface area contributed by atoms with Gasteiger partial charge in [-0.25, -0.2) is 0 Å². The number of hydrogen-bond acceptors (Lipinski definition) is 2. The van der Waals surface area contributed by atoms with Crippen molar-refractivity contribution >= 4 is 0 Å². The van der Waals surface area contributed by atoms with E-state index in [1.54, 1.807) is 0 Å². The maximum atomic E-state index is 5.92. The summed E-state index contributed by atoms with van der Waals surface area (Å²) < 4.78 is 5.92. The van der Waals surface area contributed by atoms with E-state index in [9.17, 15) is 0 Å². The lowest BCUT2D eigenvalue weighted by Crippen LogP contribution is -2.32. The minimum Gasteiger partial charge on any atom is -0.370 e. The van der Waals surface area contributed by atoms with E-state index < -0.39 is 0 Å². The molecule has 0 aromatic heterocycles. The van der Waals surface area contributed by atoms with Crippen LogP contribution >= 0.6 is 0 Å². The third-order valence-corrected chi connectivity index (χ3v) is 2.52. The fraction of sp³-hybridized carbons (Fsp3) is 0.571. The lowest BCUT2D eigenvalue weighted by Gasteiger charge is -2.21. The third kappa shape index (κ3) is 4.77. The van der Waals surface area contributed by atoms with E-state index in [4.69, 9.17) is 4.74 Å². The fourth-order valence-electron chi connectivity index (χ4n) is 1.60. The molecule has 1 N–H and O–H groups in total. The van der Waals surface area contributed by atoms with Gasteiger partial charge in [-0.15, -0.1) is 0 Å². The van der Waals surface area contributed by atoms with E-state index >= 15 is 0 Å². The van der Waals surface area contributed by atoms with Gasteiger partial charge >= 0.3 is 0 Å². The van der Waals surface area contributed by atoms with Gasteiger partial charge in [0.25, 0.3) is 0 Å². The molecule has 0 heterocycles. The second kappa shape index (κ2) is 6.66. The quantitative estimate of drug-likeness (QED) is 0.796. The van der Waals surface area contributed by atoms with Crippen LogP contribution in [0.25, 0.3) is 0 Å². The van der Waals surface area contributed by atoms with Gasteiger partial charge in [-0.2, -0.15) is 0 Å². The van der Waals surface area contributed by atoms with Gasteiger partial charge in [0, 0.05) is 12.6 Å². The number of nitrogens with one attached hydrogen (secondary N) is 1. The summed E-state index contributed by atoms with van der Waals surface area (Å²) in [5.74, 6) is 0. The molecule has 16 heavy (non-hydrogen) atoms. The first-order chi connectivity index (χ1) is 7.59. The lowest BCUT2D eigenvalue weighted by atomic mass is 10.1. The standard InChI is InChI=1S/C14H23NO/c1-11(2)15-10-12(3)16-13(4)14-8-6-5-7-9-14/h5-9,11-13,15H,10H2,1-4H3. The summed E-state index contributed by atoms with van der Waals surface area (Å²) in [7, 11) is 0. The van der Waals surface area contributed by atoms with Gasteiger partial charge in [0.1, 0.15) is 0 Å². The Balaban J connectivity index is 2.36. The Bertz CT molecular complexity index is 284. The summed E-state index contributed by atoms with van der Waals surface area (Å²) in [6.07, 6.45) is 0.391. The summed E-state index contributed by atoms with van der Waals surface area (Å²) in [5.41, 5.74) is 1.24. The van der Waals surface area contributed by atoms with Crippen LogP contribution in [0.1, 0.15) is 39.4 Å². The van der Waals surface area contributed by atoms with Crippen LogP contribution in [-0.4, -0.2) is 18.7 Å². The third-order valence-electron chi connectivity index (χ3n) is 2.52.